The SMILES string of the molecule is CN(C[C@@H](N)c1ccc(F)c(Cl)c1)S(=O)(=O)c1ccc([N+](=O)[O-])cc1.Cl. The topological polar surface area (TPSA) is 107 Å². The van der Waals surface area contributed by atoms with E-state index in [-0.39, 0.29) is 34.6 Å². The molecule has 142 valence electrons. The summed E-state index contributed by atoms with van der Waals surface area (Å²) >= 11 is 5.70. The smallest absolute Gasteiger partial charge is 0.269 e. The Hall–Kier alpha value is -1.78. The van der Waals surface area contributed by atoms with Gasteiger partial charge in [-0.05, 0) is 29.8 Å². The van der Waals surface area contributed by atoms with Crippen LogP contribution in [-0.2, 0) is 10.0 Å². The number of nitrogens with two attached hydrogens (primary N) is 1. The number of non-ortho nitro benzene ring substituents is 1. The summed E-state index contributed by atoms with van der Waals surface area (Å²) in [5.41, 5.74) is 6.25. The summed E-state index contributed by atoms with van der Waals surface area (Å²) in [6.07, 6.45) is 0. The van der Waals surface area contributed by atoms with Crippen molar-refractivity contribution in [3.63, 3.8) is 0 Å². The van der Waals surface area contributed by atoms with Crippen molar-refractivity contribution in [1.82, 2.24) is 4.31 Å². The molecule has 0 heterocycles. The van der Waals surface area contributed by atoms with Crippen LogP contribution in [0.1, 0.15) is 11.6 Å². The molecular weight excluding hydrogens is 408 g/mol. The lowest BCUT2D eigenvalue weighted by atomic mass is 10.1. The Morgan fingerprint density at radius 3 is 2.35 bits per heavy atom. The van der Waals surface area contributed by atoms with Gasteiger partial charge in [0.25, 0.3) is 5.69 Å². The number of hydrogen-bond donors (Lipinski definition) is 1. The monoisotopic (exact) mass is 423 g/mol. The predicted octanol–water partition coefficient (Wildman–Crippen LogP) is 3.13. The normalized spacial score (nSPS) is 12.5. The molecule has 26 heavy (non-hydrogen) atoms. The van der Waals surface area contributed by atoms with Crippen molar-refractivity contribution < 1.29 is 17.7 Å². The Labute approximate surface area is 161 Å². The van der Waals surface area contributed by atoms with Crippen molar-refractivity contribution in [2.24, 2.45) is 5.73 Å². The molecule has 11 heteroatoms. The van der Waals surface area contributed by atoms with E-state index in [0.717, 1.165) is 34.6 Å². The van der Waals surface area contributed by atoms with Crippen LogP contribution >= 0.6 is 24.0 Å². The molecule has 2 aromatic rings. The maximum absolute atomic E-state index is 13.2. The molecule has 7 nitrogen and oxygen atoms in total. The minimum atomic E-state index is -3.88. The third-order valence-corrected chi connectivity index (χ3v) is 5.71. The van der Waals surface area contributed by atoms with Crippen LogP contribution in [0, 0.1) is 15.9 Å². The van der Waals surface area contributed by atoms with Crippen LogP contribution in [-0.4, -0.2) is 31.2 Å². The number of nitrogens with zero attached hydrogens (tertiary/aromatic N) is 2. The van der Waals surface area contributed by atoms with Gasteiger partial charge in [-0.2, -0.15) is 4.31 Å². The van der Waals surface area contributed by atoms with Gasteiger partial charge >= 0.3 is 0 Å². The molecule has 0 saturated heterocycles. The van der Waals surface area contributed by atoms with E-state index in [1.54, 1.807) is 0 Å². The first-order valence-electron chi connectivity index (χ1n) is 7.04. The average Bonchev–Trinajstić information content (AvgIpc) is 2.57. The molecule has 1 atom stereocenters. The highest BCUT2D eigenvalue weighted by Crippen LogP contribution is 2.23. The maximum atomic E-state index is 13.2. The van der Waals surface area contributed by atoms with E-state index < -0.39 is 26.8 Å². The van der Waals surface area contributed by atoms with Crippen LogP contribution in [0.5, 0.6) is 0 Å². The molecule has 2 aromatic carbocycles. The minimum Gasteiger partial charge on any atom is -0.323 e. The number of benzene rings is 2. The lowest BCUT2D eigenvalue weighted by molar-refractivity contribution is -0.384. The van der Waals surface area contributed by atoms with Crippen LogP contribution in [0.3, 0.4) is 0 Å². The summed E-state index contributed by atoms with van der Waals surface area (Å²) < 4.78 is 39.3. The molecule has 0 aliphatic rings. The van der Waals surface area contributed by atoms with E-state index in [0.29, 0.717) is 5.56 Å². The van der Waals surface area contributed by atoms with Crippen molar-refractivity contribution in [3.8, 4) is 0 Å². The predicted molar refractivity (Wildman–Crippen MR) is 98.5 cm³/mol. The summed E-state index contributed by atoms with van der Waals surface area (Å²) in [5, 5.41) is 10.5. The van der Waals surface area contributed by atoms with Crippen molar-refractivity contribution in [2.45, 2.75) is 10.9 Å². The van der Waals surface area contributed by atoms with E-state index in [4.69, 9.17) is 17.3 Å². The Balaban J connectivity index is 0.00000338. The van der Waals surface area contributed by atoms with Crippen LogP contribution < -0.4 is 5.73 Å². The quantitative estimate of drug-likeness (QED) is 0.567. The summed E-state index contributed by atoms with van der Waals surface area (Å²) in [6, 6.07) is 7.74. The number of hydrogen-bond acceptors (Lipinski definition) is 5. The van der Waals surface area contributed by atoms with Gasteiger partial charge in [0, 0.05) is 31.8 Å². The second-order valence-electron chi connectivity index (χ2n) is 5.32. The fraction of sp³-hybridized carbons (Fsp3) is 0.200. The lowest BCUT2D eigenvalue weighted by Gasteiger charge is -2.21. The molecule has 2 rings (SSSR count). The van der Waals surface area contributed by atoms with E-state index >= 15 is 0 Å². The second-order valence-corrected chi connectivity index (χ2v) is 7.77. The molecule has 0 aromatic heterocycles. The second kappa shape index (κ2) is 8.74. The molecule has 0 aliphatic heterocycles. The van der Waals surface area contributed by atoms with Gasteiger partial charge in [0.1, 0.15) is 5.82 Å². The number of sulfonamides is 1. The van der Waals surface area contributed by atoms with Gasteiger partial charge in [-0.3, -0.25) is 10.1 Å². The highest BCUT2D eigenvalue weighted by atomic mass is 35.5. The molecule has 0 saturated carbocycles. The van der Waals surface area contributed by atoms with Gasteiger partial charge in [0.2, 0.25) is 10.0 Å². The van der Waals surface area contributed by atoms with Crippen molar-refractivity contribution in [1.29, 1.82) is 0 Å². The van der Waals surface area contributed by atoms with Gasteiger partial charge in [0.05, 0.1) is 14.8 Å². The van der Waals surface area contributed by atoms with Crippen molar-refractivity contribution in [3.05, 3.63) is 69.0 Å². The summed E-state index contributed by atoms with van der Waals surface area (Å²) in [7, 11) is -2.54. The first kappa shape index (κ1) is 22.3. The largest absolute Gasteiger partial charge is 0.323 e. The van der Waals surface area contributed by atoms with Gasteiger partial charge in [-0.1, -0.05) is 17.7 Å². The summed E-state index contributed by atoms with van der Waals surface area (Å²) in [6.45, 7) is -0.0821. The first-order chi connectivity index (χ1) is 11.6. The van der Waals surface area contributed by atoms with Gasteiger partial charge in [-0.15, -0.1) is 12.4 Å². The highest BCUT2D eigenvalue weighted by molar-refractivity contribution is 7.89. The van der Waals surface area contributed by atoms with Gasteiger partial charge < -0.3 is 5.73 Å². The van der Waals surface area contributed by atoms with E-state index in [9.17, 15) is 22.9 Å². The minimum absolute atomic E-state index is 0. The number of nitro benzene ring substituents is 1. The van der Waals surface area contributed by atoms with Gasteiger partial charge in [-0.25, -0.2) is 12.8 Å². The van der Waals surface area contributed by atoms with Crippen LogP contribution in [0.15, 0.2) is 47.4 Å². The third-order valence-electron chi connectivity index (χ3n) is 3.58. The lowest BCUT2D eigenvalue weighted by Crippen LogP contribution is -2.34. The van der Waals surface area contributed by atoms with Gasteiger partial charge in [0.15, 0.2) is 0 Å². The highest BCUT2D eigenvalue weighted by Gasteiger charge is 2.24. The van der Waals surface area contributed by atoms with E-state index in [1.807, 2.05) is 0 Å². The van der Waals surface area contributed by atoms with Crippen LogP contribution in [0.25, 0.3) is 0 Å². The zero-order valence-electron chi connectivity index (χ0n) is 13.5. The van der Waals surface area contributed by atoms with Crippen LogP contribution in [0.4, 0.5) is 10.1 Å². The van der Waals surface area contributed by atoms with E-state index in [2.05, 4.69) is 0 Å². The maximum Gasteiger partial charge on any atom is 0.269 e. The fourth-order valence-electron chi connectivity index (χ4n) is 2.14. The molecule has 0 fully saturated rings. The average molecular weight is 424 g/mol. The zero-order chi connectivity index (χ0) is 18.8. The molecule has 0 amide bonds. The van der Waals surface area contributed by atoms with Crippen LogP contribution in [0.2, 0.25) is 5.02 Å². The van der Waals surface area contributed by atoms with Crippen molar-refractivity contribution >= 4 is 39.7 Å². The first-order valence-corrected chi connectivity index (χ1v) is 8.86. The third kappa shape index (κ3) is 4.89. The standard InChI is InChI=1S/C15H15ClFN3O4S.ClH/c1-19(9-15(18)10-2-7-14(17)13(16)8-10)25(23,24)12-5-3-11(4-6-12)20(21)22;/h2-8,15H,9,18H2,1H3;1H/t15-;/m1./s1. The number of halogens is 3. The molecule has 0 spiro atoms. The molecule has 2 N–H and O–H groups in total. The Kier molecular flexibility index (Phi) is 7.48. The zero-order valence-corrected chi connectivity index (χ0v) is 15.9. The summed E-state index contributed by atoms with van der Waals surface area (Å²) in [5.74, 6) is -0.593. The molecule has 0 aliphatic carbocycles. The molecular formula is C15H16Cl2FN3O4S. The Morgan fingerprint density at radius 2 is 1.85 bits per heavy atom. The molecule has 0 bridgehead atoms. The molecule has 0 radical (unpaired) electrons. The van der Waals surface area contributed by atoms with E-state index in [1.165, 1.54) is 19.2 Å². The number of rotatable bonds is 6. The Bertz CT molecular complexity index is 894. The molecule has 0 unspecified atom stereocenters. The summed E-state index contributed by atoms with van der Waals surface area (Å²) in [4.78, 5) is 9.93. The number of nitro groups is 1. The fourth-order valence-corrected chi connectivity index (χ4v) is 3.53. The Morgan fingerprint density at radius 1 is 1.27 bits per heavy atom. The number of likely N-dealkylation sites (N-methyl/N-ethyl adjacent to an activating group) is 1. The van der Waals surface area contributed by atoms with Crippen molar-refractivity contribution in [2.75, 3.05) is 13.6 Å².